The number of nitrogens with zero attached hydrogens (tertiary/aromatic N) is 3. The summed E-state index contributed by atoms with van der Waals surface area (Å²) in [6.07, 6.45) is -4.00. The fraction of sp³-hybridized carbons (Fsp3) is 0.310. The Hall–Kier alpha value is -3.65. The molecule has 2 aliphatic heterocycles. The van der Waals surface area contributed by atoms with Gasteiger partial charge in [0.05, 0.1) is 5.56 Å². The summed E-state index contributed by atoms with van der Waals surface area (Å²) in [4.78, 5) is 31.6. The van der Waals surface area contributed by atoms with E-state index >= 15 is 0 Å². The lowest BCUT2D eigenvalue weighted by Crippen LogP contribution is -2.64. The Morgan fingerprint density at radius 2 is 1.32 bits per heavy atom. The number of halogens is 3. The molecule has 5 nitrogen and oxygen atoms in total. The highest BCUT2D eigenvalue weighted by Crippen LogP contribution is 2.30. The van der Waals surface area contributed by atoms with Gasteiger partial charge in [-0.05, 0) is 47.9 Å². The van der Waals surface area contributed by atoms with E-state index in [1.807, 2.05) is 40.1 Å². The fourth-order valence-electron chi connectivity index (χ4n) is 4.95. The Balaban J connectivity index is 1.10. The number of piperazine rings is 1. The number of benzene rings is 3. The van der Waals surface area contributed by atoms with E-state index in [0.717, 1.165) is 30.8 Å². The van der Waals surface area contributed by atoms with Crippen molar-refractivity contribution in [3.8, 4) is 0 Å². The molecule has 3 aromatic carbocycles. The maximum atomic E-state index is 13.0. The first-order chi connectivity index (χ1) is 17.8. The number of carbonyl (C=O) groups excluding carboxylic acids is 2. The minimum Gasteiger partial charge on any atom is -0.336 e. The molecule has 37 heavy (non-hydrogen) atoms. The third kappa shape index (κ3) is 5.69. The van der Waals surface area contributed by atoms with Crippen molar-refractivity contribution in [1.29, 1.82) is 0 Å². The van der Waals surface area contributed by atoms with E-state index in [9.17, 15) is 22.8 Å². The van der Waals surface area contributed by atoms with Gasteiger partial charge in [-0.1, -0.05) is 48.5 Å². The topological polar surface area (TPSA) is 43.9 Å². The molecule has 2 heterocycles. The molecule has 0 radical (unpaired) electrons. The van der Waals surface area contributed by atoms with Crippen molar-refractivity contribution in [2.75, 3.05) is 39.3 Å². The highest BCUT2D eigenvalue weighted by atomic mass is 19.4. The van der Waals surface area contributed by atoms with Crippen LogP contribution in [0.4, 0.5) is 13.2 Å². The van der Waals surface area contributed by atoms with E-state index < -0.39 is 11.7 Å². The third-order valence-corrected chi connectivity index (χ3v) is 7.15. The summed E-state index contributed by atoms with van der Waals surface area (Å²) in [6, 6.07) is 22.0. The lowest BCUT2D eigenvalue weighted by molar-refractivity contribution is -0.137. The number of hydrogen-bond acceptors (Lipinski definition) is 3. The monoisotopic (exact) mass is 507 g/mol. The molecule has 2 aliphatic rings. The van der Waals surface area contributed by atoms with E-state index in [2.05, 4.69) is 4.90 Å². The van der Waals surface area contributed by atoms with Gasteiger partial charge in [-0.2, -0.15) is 13.2 Å². The van der Waals surface area contributed by atoms with Crippen LogP contribution in [0.2, 0.25) is 0 Å². The molecule has 0 aliphatic carbocycles. The molecular weight excluding hydrogens is 479 g/mol. The molecule has 3 aromatic rings. The molecule has 0 atom stereocenters. The first kappa shape index (κ1) is 25.0. The van der Waals surface area contributed by atoms with Crippen molar-refractivity contribution >= 4 is 11.8 Å². The van der Waals surface area contributed by atoms with Crippen LogP contribution in [0.5, 0.6) is 0 Å². The molecule has 0 spiro atoms. The van der Waals surface area contributed by atoms with E-state index in [1.165, 1.54) is 6.07 Å². The van der Waals surface area contributed by atoms with Gasteiger partial charge in [-0.25, -0.2) is 0 Å². The lowest BCUT2D eigenvalue weighted by atomic mass is 10.00. The number of amides is 2. The molecule has 192 valence electrons. The second kappa shape index (κ2) is 10.4. The summed E-state index contributed by atoms with van der Waals surface area (Å²) >= 11 is 0. The first-order valence-corrected chi connectivity index (χ1v) is 12.4. The Bertz CT molecular complexity index is 1250. The van der Waals surface area contributed by atoms with Gasteiger partial charge >= 0.3 is 6.18 Å². The molecule has 8 heteroatoms. The van der Waals surface area contributed by atoms with Crippen LogP contribution in [0.1, 0.15) is 37.4 Å². The SMILES string of the molecule is O=C(c1ccccc1)N1CCN(C2CN(C(=O)c3ccc(Cc4cccc(C(F)(F)F)c4)cc3)C2)CC1. The molecule has 0 bridgehead atoms. The standard InChI is InChI=1S/C29H28F3N3O2/c30-29(31,32)25-8-4-5-22(18-25)17-21-9-11-24(12-10-21)28(37)35-19-26(20-35)33-13-15-34(16-14-33)27(36)23-6-2-1-3-7-23/h1-12,18,26H,13-17,19-20H2. The second-order valence-corrected chi connectivity index (χ2v) is 9.63. The Morgan fingerprint density at radius 3 is 1.97 bits per heavy atom. The summed E-state index contributed by atoms with van der Waals surface area (Å²) in [6.45, 7) is 4.22. The molecule has 0 N–H and O–H groups in total. The van der Waals surface area contributed by atoms with E-state index in [1.54, 1.807) is 30.3 Å². The zero-order chi connectivity index (χ0) is 26.0. The summed E-state index contributed by atoms with van der Waals surface area (Å²) < 4.78 is 38.9. The third-order valence-electron chi connectivity index (χ3n) is 7.15. The highest BCUT2D eigenvalue weighted by molar-refractivity contribution is 5.95. The van der Waals surface area contributed by atoms with Crippen LogP contribution in [0.25, 0.3) is 0 Å². The van der Waals surface area contributed by atoms with Crippen molar-refractivity contribution in [2.24, 2.45) is 0 Å². The Labute approximate surface area is 214 Å². The summed E-state index contributed by atoms with van der Waals surface area (Å²) in [5.74, 6) is 0.0157. The van der Waals surface area contributed by atoms with Crippen LogP contribution in [0, 0.1) is 0 Å². The summed E-state index contributed by atoms with van der Waals surface area (Å²) in [5, 5.41) is 0. The highest BCUT2D eigenvalue weighted by Gasteiger charge is 2.37. The lowest BCUT2D eigenvalue weighted by Gasteiger charge is -2.48. The minimum atomic E-state index is -4.37. The second-order valence-electron chi connectivity index (χ2n) is 9.63. The zero-order valence-electron chi connectivity index (χ0n) is 20.3. The molecule has 5 rings (SSSR count). The van der Waals surface area contributed by atoms with E-state index in [0.29, 0.717) is 49.3 Å². The number of rotatable bonds is 5. The molecule has 2 amide bonds. The number of carbonyl (C=O) groups is 2. The van der Waals surface area contributed by atoms with Gasteiger partial charge in [-0.15, -0.1) is 0 Å². The Kier molecular flexibility index (Phi) is 7.02. The smallest absolute Gasteiger partial charge is 0.336 e. The maximum absolute atomic E-state index is 13.0. The van der Waals surface area contributed by atoms with Crippen LogP contribution in [0.15, 0.2) is 78.9 Å². The van der Waals surface area contributed by atoms with Crippen molar-refractivity contribution < 1.29 is 22.8 Å². The average Bonchev–Trinajstić information content (AvgIpc) is 2.88. The van der Waals surface area contributed by atoms with Gasteiger partial charge in [0.2, 0.25) is 0 Å². The van der Waals surface area contributed by atoms with Crippen molar-refractivity contribution in [2.45, 2.75) is 18.6 Å². The summed E-state index contributed by atoms with van der Waals surface area (Å²) in [5.41, 5.74) is 2.04. The first-order valence-electron chi connectivity index (χ1n) is 12.4. The number of alkyl halides is 3. The minimum absolute atomic E-state index is 0.0419. The molecule has 0 unspecified atom stereocenters. The Morgan fingerprint density at radius 1 is 0.703 bits per heavy atom. The predicted molar refractivity (Wildman–Crippen MR) is 134 cm³/mol. The van der Waals surface area contributed by atoms with Crippen molar-refractivity contribution in [3.05, 3.63) is 107 Å². The zero-order valence-corrected chi connectivity index (χ0v) is 20.3. The van der Waals surface area contributed by atoms with Gasteiger partial charge in [-0.3, -0.25) is 14.5 Å². The van der Waals surface area contributed by atoms with Gasteiger partial charge in [0.1, 0.15) is 0 Å². The number of hydrogen-bond donors (Lipinski definition) is 0. The van der Waals surface area contributed by atoms with Gasteiger partial charge in [0.15, 0.2) is 0 Å². The largest absolute Gasteiger partial charge is 0.416 e. The predicted octanol–water partition coefficient (Wildman–Crippen LogP) is 4.58. The quantitative estimate of drug-likeness (QED) is 0.508. The van der Waals surface area contributed by atoms with Crippen LogP contribution in [0.3, 0.4) is 0 Å². The van der Waals surface area contributed by atoms with E-state index in [4.69, 9.17) is 0 Å². The fourth-order valence-corrected chi connectivity index (χ4v) is 4.95. The normalized spacial score (nSPS) is 16.9. The molecule has 0 aromatic heterocycles. The van der Waals surface area contributed by atoms with Crippen LogP contribution in [-0.2, 0) is 12.6 Å². The van der Waals surface area contributed by atoms with Gasteiger partial charge in [0, 0.05) is 56.4 Å². The number of likely N-dealkylation sites (tertiary alicyclic amines) is 1. The van der Waals surface area contributed by atoms with Crippen LogP contribution >= 0.6 is 0 Å². The molecular formula is C29H28F3N3O2. The molecule has 0 saturated carbocycles. The van der Waals surface area contributed by atoms with Crippen molar-refractivity contribution in [1.82, 2.24) is 14.7 Å². The molecule has 2 fully saturated rings. The summed E-state index contributed by atoms with van der Waals surface area (Å²) in [7, 11) is 0. The van der Waals surface area contributed by atoms with Crippen LogP contribution < -0.4 is 0 Å². The van der Waals surface area contributed by atoms with E-state index in [-0.39, 0.29) is 17.9 Å². The van der Waals surface area contributed by atoms with Crippen LogP contribution in [-0.4, -0.2) is 71.8 Å². The van der Waals surface area contributed by atoms with Gasteiger partial charge < -0.3 is 9.80 Å². The average molecular weight is 508 g/mol. The maximum Gasteiger partial charge on any atom is 0.416 e. The van der Waals surface area contributed by atoms with Crippen molar-refractivity contribution in [3.63, 3.8) is 0 Å². The molecule has 2 saturated heterocycles. The van der Waals surface area contributed by atoms with Gasteiger partial charge in [0.25, 0.3) is 11.8 Å².